The third kappa shape index (κ3) is 26.7. The number of carboxylic acids is 1. The number of aliphatic imine (C=N–C) groups is 1. The number of unbranched alkanes of at least 4 members (excludes halogenated alkanes) is 13. The molecule has 0 fully saturated rings. The van der Waals surface area contributed by atoms with E-state index in [1.165, 1.54) is 64.1 Å². The summed E-state index contributed by atoms with van der Waals surface area (Å²) in [4.78, 5) is 92.1. The standard InChI is InChI=1S/C50H83N9O7/c1-3-4-5-6-7-8-9-10-11-12-13-14-18-26-46(62)58-43(34-41-35-54-36-56-41)45(61)33-40(31-38-22-16-15-17-23-38)49(66)59-42(25-21-30-55-50(52)53)44(60)32-39(24-19-20-29-51)48(65)57-37(2)27-28-47(63)64/h15-17,22-23,35-37,39-40,42-43H,3-14,18-21,24-34,51H2,1-2H3,(H,54,56)(H,57,65)(H,58,62)(H,59,66)(H,63,64)(H4,52,53,55)/t37-,39-,40-,42+,43+/m1/s1. The number of carbonyl (C=O) groups is 6. The number of aromatic amines is 1. The molecule has 0 aliphatic rings. The number of guanidine groups is 1. The van der Waals surface area contributed by atoms with E-state index in [0.717, 1.165) is 24.8 Å². The van der Waals surface area contributed by atoms with Crippen LogP contribution in [0.4, 0.5) is 0 Å². The molecule has 0 unspecified atom stereocenters. The molecular weight excluding hydrogens is 839 g/mol. The van der Waals surface area contributed by atoms with Gasteiger partial charge in [0.1, 0.15) is 0 Å². The second-order valence-corrected chi connectivity index (χ2v) is 18.0. The normalized spacial score (nSPS) is 13.4. The zero-order valence-corrected chi connectivity index (χ0v) is 40.0. The van der Waals surface area contributed by atoms with Crippen molar-refractivity contribution in [2.45, 2.75) is 192 Å². The fourth-order valence-corrected chi connectivity index (χ4v) is 8.10. The Bertz CT molecular complexity index is 1700. The number of imidazole rings is 1. The third-order valence-electron chi connectivity index (χ3n) is 12.0. The molecule has 0 saturated heterocycles. The van der Waals surface area contributed by atoms with E-state index in [2.05, 4.69) is 37.8 Å². The quantitative estimate of drug-likeness (QED) is 0.0207. The van der Waals surface area contributed by atoms with Gasteiger partial charge in [-0.1, -0.05) is 121 Å². The van der Waals surface area contributed by atoms with Gasteiger partial charge in [-0.15, -0.1) is 0 Å². The van der Waals surface area contributed by atoms with Crippen LogP contribution in [-0.4, -0.2) is 87.5 Å². The van der Waals surface area contributed by atoms with Gasteiger partial charge in [0.2, 0.25) is 17.7 Å². The Hall–Kier alpha value is -5.12. The molecule has 0 saturated carbocycles. The highest BCUT2D eigenvalue weighted by Crippen LogP contribution is 2.21. The van der Waals surface area contributed by atoms with Gasteiger partial charge >= 0.3 is 5.97 Å². The lowest BCUT2D eigenvalue weighted by atomic mass is 9.88. The zero-order chi connectivity index (χ0) is 48.4. The first kappa shape index (κ1) is 57.0. The number of aromatic nitrogens is 2. The van der Waals surface area contributed by atoms with Crippen LogP contribution in [0.3, 0.4) is 0 Å². The number of amides is 3. The number of hydrogen-bond donors (Lipinski definition) is 8. The molecule has 1 aromatic heterocycles. The van der Waals surface area contributed by atoms with E-state index in [1.807, 2.05) is 30.3 Å². The van der Waals surface area contributed by atoms with Crippen molar-refractivity contribution in [2.75, 3.05) is 13.1 Å². The number of H-pyrrole nitrogens is 1. The van der Waals surface area contributed by atoms with E-state index in [0.29, 0.717) is 44.3 Å². The van der Waals surface area contributed by atoms with Crippen LogP contribution in [0.15, 0.2) is 47.8 Å². The molecule has 1 aromatic carbocycles. The number of ketones is 2. The second kappa shape index (κ2) is 35.1. The van der Waals surface area contributed by atoms with Gasteiger partial charge in [0.15, 0.2) is 17.5 Å². The van der Waals surface area contributed by atoms with Crippen LogP contribution >= 0.6 is 0 Å². The van der Waals surface area contributed by atoms with Crippen molar-refractivity contribution in [3.05, 3.63) is 54.1 Å². The maximum atomic E-state index is 14.4. The summed E-state index contributed by atoms with van der Waals surface area (Å²) < 4.78 is 0. The molecule has 5 atom stereocenters. The van der Waals surface area contributed by atoms with E-state index in [9.17, 15) is 28.8 Å². The molecule has 3 amide bonds. The lowest BCUT2D eigenvalue weighted by molar-refractivity contribution is -0.137. The van der Waals surface area contributed by atoms with Gasteiger partial charge in [-0.05, 0) is 64.0 Å². The van der Waals surface area contributed by atoms with Crippen LogP contribution in [0.5, 0.6) is 0 Å². The van der Waals surface area contributed by atoms with Crippen molar-refractivity contribution in [1.29, 1.82) is 0 Å². The van der Waals surface area contributed by atoms with Crippen LogP contribution in [0.1, 0.15) is 173 Å². The molecule has 16 heteroatoms. The average Bonchev–Trinajstić information content (AvgIpc) is 3.81. The molecular formula is C50H83N9O7. The Balaban J connectivity index is 2.21. The maximum absolute atomic E-state index is 14.4. The Kier molecular flexibility index (Phi) is 30.3. The third-order valence-corrected chi connectivity index (χ3v) is 12.0. The Morgan fingerprint density at radius 2 is 1.29 bits per heavy atom. The summed E-state index contributed by atoms with van der Waals surface area (Å²) in [5, 5.41) is 17.9. The first-order valence-corrected chi connectivity index (χ1v) is 24.8. The lowest BCUT2D eigenvalue weighted by Gasteiger charge is -2.25. The minimum absolute atomic E-state index is 0.113. The number of hydrogen-bond acceptors (Lipinski definition) is 9. The fraction of sp³-hybridized carbons (Fsp3) is 0.680. The van der Waals surface area contributed by atoms with E-state index in [1.54, 1.807) is 13.1 Å². The SMILES string of the molecule is CCCCCCCCCCCCCCCC(=O)N[C@@H](Cc1cnc[nH]1)C(=O)C[C@@H](Cc1ccccc1)C(=O)N[C@@H](CCCN=C(N)N)C(=O)C[C@@H](CCCCN)C(=O)N[C@H](C)CCC(=O)O. The number of nitrogens with two attached hydrogens (primary N) is 3. The van der Waals surface area contributed by atoms with Crippen molar-refractivity contribution in [3.63, 3.8) is 0 Å². The van der Waals surface area contributed by atoms with Gasteiger partial charge in [0, 0.05) is 68.4 Å². The number of carbonyl (C=O) groups excluding carboxylic acids is 5. The molecule has 2 aromatic rings. The summed E-state index contributed by atoms with van der Waals surface area (Å²) in [5.74, 6) is -4.57. The van der Waals surface area contributed by atoms with Crippen molar-refractivity contribution in [2.24, 2.45) is 34.0 Å². The molecule has 11 N–H and O–H groups in total. The summed E-state index contributed by atoms with van der Waals surface area (Å²) in [6.45, 7) is 4.56. The molecule has 0 bridgehead atoms. The van der Waals surface area contributed by atoms with Crippen molar-refractivity contribution < 1.29 is 33.9 Å². The topological polar surface area (TPSA) is 278 Å². The van der Waals surface area contributed by atoms with Crippen molar-refractivity contribution >= 4 is 41.2 Å². The van der Waals surface area contributed by atoms with E-state index in [-0.39, 0.29) is 87.3 Å². The largest absolute Gasteiger partial charge is 0.481 e. The molecule has 0 aliphatic heterocycles. The summed E-state index contributed by atoms with van der Waals surface area (Å²) in [6.07, 6.45) is 21.0. The van der Waals surface area contributed by atoms with Crippen molar-refractivity contribution in [1.82, 2.24) is 25.9 Å². The van der Waals surface area contributed by atoms with Gasteiger partial charge in [-0.25, -0.2) is 4.98 Å². The molecule has 16 nitrogen and oxygen atoms in total. The van der Waals surface area contributed by atoms with Crippen LogP contribution < -0.4 is 33.2 Å². The number of benzene rings is 1. The molecule has 0 aliphatic carbocycles. The molecule has 66 heavy (non-hydrogen) atoms. The Labute approximate surface area is 393 Å². The highest BCUT2D eigenvalue weighted by Gasteiger charge is 2.33. The summed E-state index contributed by atoms with van der Waals surface area (Å²) >= 11 is 0. The minimum atomic E-state index is -1.03. The highest BCUT2D eigenvalue weighted by atomic mass is 16.4. The number of Topliss-reactive ketones (excluding diaryl/α,β-unsaturated/α-hetero) is 2. The molecule has 0 spiro atoms. The van der Waals surface area contributed by atoms with Crippen LogP contribution in [0.2, 0.25) is 0 Å². The first-order valence-electron chi connectivity index (χ1n) is 24.8. The van der Waals surface area contributed by atoms with Gasteiger partial charge in [-0.3, -0.25) is 33.8 Å². The van der Waals surface area contributed by atoms with Gasteiger partial charge in [0.05, 0.1) is 18.4 Å². The van der Waals surface area contributed by atoms with Gasteiger partial charge in [0.25, 0.3) is 0 Å². The predicted octanol–water partition coefficient (Wildman–Crippen LogP) is 6.35. The first-order chi connectivity index (χ1) is 31.8. The number of nitrogens with zero attached hydrogens (tertiary/aromatic N) is 2. The van der Waals surface area contributed by atoms with Crippen molar-refractivity contribution in [3.8, 4) is 0 Å². The summed E-state index contributed by atoms with van der Waals surface area (Å²) in [7, 11) is 0. The Morgan fingerprint density at radius 1 is 0.682 bits per heavy atom. The van der Waals surface area contributed by atoms with E-state index >= 15 is 0 Å². The smallest absolute Gasteiger partial charge is 0.303 e. The highest BCUT2D eigenvalue weighted by molar-refractivity contribution is 5.95. The molecule has 0 radical (unpaired) electrons. The minimum Gasteiger partial charge on any atom is -0.481 e. The molecule has 2 rings (SSSR count). The monoisotopic (exact) mass is 922 g/mol. The Morgan fingerprint density at radius 3 is 1.88 bits per heavy atom. The summed E-state index contributed by atoms with van der Waals surface area (Å²) in [6, 6.07) is 6.89. The molecule has 1 heterocycles. The molecule has 370 valence electrons. The van der Waals surface area contributed by atoms with E-state index < -0.39 is 41.8 Å². The van der Waals surface area contributed by atoms with Crippen LogP contribution in [0.25, 0.3) is 0 Å². The number of nitrogens with one attached hydrogen (secondary N) is 4. The fourth-order valence-electron chi connectivity index (χ4n) is 8.10. The lowest BCUT2D eigenvalue weighted by Crippen LogP contribution is -2.48. The number of aliphatic carboxylic acids is 1. The second-order valence-electron chi connectivity index (χ2n) is 18.0. The van der Waals surface area contributed by atoms with Crippen LogP contribution in [-0.2, 0) is 41.6 Å². The van der Waals surface area contributed by atoms with Crippen LogP contribution in [0, 0.1) is 11.8 Å². The number of rotatable bonds is 40. The summed E-state index contributed by atoms with van der Waals surface area (Å²) in [5.41, 5.74) is 18.3. The van der Waals surface area contributed by atoms with Gasteiger partial charge in [-0.2, -0.15) is 0 Å². The van der Waals surface area contributed by atoms with Gasteiger partial charge < -0.3 is 43.2 Å². The predicted molar refractivity (Wildman–Crippen MR) is 260 cm³/mol. The van der Waals surface area contributed by atoms with E-state index in [4.69, 9.17) is 22.3 Å². The maximum Gasteiger partial charge on any atom is 0.303 e. The average molecular weight is 922 g/mol. The number of carboxylic acid groups (broad SMARTS) is 1. The zero-order valence-electron chi connectivity index (χ0n) is 40.0.